The average molecular weight is 244 g/mol. The number of likely N-dealkylation sites (N-methyl/N-ethyl adjacent to an activating group) is 1. The third-order valence-corrected chi connectivity index (χ3v) is 3.35. The molecule has 0 aromatic heterocycles. The summed E-state index contributed by atoms with van der Waals surface area (Å²) in [5.41, 5.74) is -0.410. The molecule has 0 aromatic carbocycles. The van der Waals surface area contributed by atoms with Crippen LogP contribution in [0.5, 0.6) is 0 Å². The highest BCUT2D eigenvalue weighted by atomic mass is 16.5. The first-order valence-electron chi connectivity index (χ1n) is 6.58. The van der Waals surface area contributed by atoms with Crippen LogP contribution < -0.4 is 5.32 Å². The molecule has 1 aliphatic rings. The molecule has 0 bridgehead atoms. The van der Waals surface area contributed by atoms with Crippen LogP contribution in [0.1, 0.15) is 27.2 Å². The first kappa shape index (κ1) is 14.9. The van der Waals surface area contributed by atoms with Gasteiger partial charge in [0.25, 0.3) is 0 Å². The predicted molar refractivity (Wildman–Crippen MR) is 70.2 cm³/mol. The minimum atomic E-state index is -0.629. The maximum absolute atomic E-state index is 9.92. The number of aliphatic hydroxyl groups is 1. The number of rotatable bonds is 7. The molecule has 0 spiro atoms. The van der Waals surface area contributed by atoms with Gasteiger partial charge in [0.05, 0.1) is 12.2 Å². The number of nitrogens with zero attached hydrogens (tertiary/aromatic N) is 1. The fraction of sp³-hybridized carbons (Fsp3) is 1.00. The molecule has 102 valence electrons. The molecule has 1 atom stereocenters. The molecule has 0 saturated carbocycles. The maximum Gasteiger partial charge on any atom is 0.0718 e. The van der Waals surface area contributed by atoms with E-state index in [1.165, 1.54) is 0 Å². The number of ether oxygens (including phenoxy) is 1. The molecule has 1 rings (SSSR count). The van der Waals surface area contributed by atoms with Crippen molar-refractivity contribution in [3.63, 3.8) is 0 Å². The Hall–Kier alpha value is -0.160. The summed E-state index contributed by atoms with van der Waals surface area (Å²) in [4.78, 5) is 2.33. The van der Waals surface area contributed by atoms with Gasteiger partial charge in [0.1, 0.15) is 0 Å². The molecule has 0 amide bonds. The van der Waals surface area contributed by atoms with Crippen molar-refractivity contribution in [3.05, 3.63) is 0 Å². The number of hydrogen-bond acceptors (Lipinski definition) is 4. The van der Waals surface area contributed by atoms with Crippen LogP contribution in [0.3, 0.4) is 0 Å². The third-order valence-electron chi connectivity index (χ3n) is 3.35. The van der Waals surface area contributed by atoms with Crippen LogP contribution in [-0.4, -0.2) is 62.0 Å². The van der Waals surface area contributed by atoms with Gasteiger partial charge in [-0.3, -0.25) is 0 Å². The molecule has 4 heteroatoms. The lowest BCUT2D eigenvalue weighted by molar-refractivity contribution is 0.0194. The summed E-state index contributed by atoms with van der Waals surface area (Å²) in [6.07, 6.45) is 1.11. The summed E-state index contributed by atoms with van der Waals surface area (Å²) in [7, 11) is 1.99. The van der Waals surface area contributed by atoms with Gasteiger partial charge < -0.3 is 20.1 Å². The van der Waals surface area contributed by atoms with Crippen molar-refractivity contribution in [1.82, 2.24) is 10.2 Å². The van der Waals surface area contributed by atoms with Crippen LogP contribution in [0.25, 0.3) is 0 Å². The summed E-state index contributed by atoms with van der Waals surface area (Å²) >= 11 is 0. The summed E-state index contributed by atoms with van der Waals surface area (Å²) in [6, 6.07) is 0. The van der Waals surface area contributed by atoms with Crippen LogP contribution in [0.2, 0.25) is 0 Å². The molecular formula is C13H28N2O2. The summed E-state index contributed by atoms with van der Waals surface area (Å²) in [5, 5.41) is 13.2. The van der Waals surface area contributed by atoms with Crippen molar-refractivity contribution in [2.45, 2.75) is 32.8 Å². The van der Waals surface area contributed by atoms with E-state index in [4.69, 9.17) is 4.74 Å². The van der Waals surface area contributed by atoms with Gasteiger partial charge in [-0.2, -0.15) is 0 Å². The zero-order valence-corrected chi connectivity index (χ0v) is 11.8. The van der Waals surface area contributed by atoms with Crippen LogP contribution in [-0.2, 0) is 4.74 Å². The van der Waals surface area contributed by atoms with Crippen molar-refractivity contribution >= 4 is 0 Å². The van der Waals surface area contributed by atoms with Crippen LogP contribution in [0.4, 0.5) is 0 Å². The van der Waals surface area contributed by atoms with Gasteiger partial charge in [-0.25, -0.2) is 0 Å². The summed E-state index contributed by atoms with van der Waals surface area (Å²) < 4.78 is 5.56. The Kier molecular flexibility index (Phi) is 5.38. The summed E-state index contributed by atoms with van der Waals surface area (Å²) in [5.74, 6) is 0. The highest BCUT2D eigenvalue weighted by Crippen LogP contribution is 2.29. The molecule has 17 heavy (non-hydrogen) atoms. The van der Waals surface area contributed by atoms with E-state index in [1.807, 2.05) is 20.9 Å². The van der Waals surface area contributed by atoms with Gasteiger partial charge in [-0.1, -0.05) is 6.92 Å². The molecule has 1 fully saturated rings. The van der Waals surface area contributed by atoms with E-state index in [0.29, 0.717) is 0 Å². The Morgan fingerprint density at radius 3 is 2.59 bits per heavy atom. The van der Waals surface area contributed by atoms with Gasteiger partial charge in [-0.05, 0) is 33.9 Å². The molecule has 1 heterocycles. The highest BCUT2D eigenvalue weighted by molar-refractivity contribution is 4.89. The van der Waals surface area contributed by atoms with Gasteiger partial charge in [0.2, 0.25) is 0 Å². The average Bonchev–Trinajstić information content (AvgIpc) is 2.64. The van der Waals surface area contributed by atoms with Crippen LogP contribution in [0, 0.1) is 5.41 Å². The Morgan fingerprint density at radius 1 is 1.47 bits per heavy atom. The fourth-order valence-corrected chi connectivity index (χ4v) is 2.65. The Morgan fingerprint density at radius 2 is 2.18 bits per heavy atom. The largest absolute Gasteiger partial charge is 0.389 e. The second kappa shape index (κ2) is 6.14. The van der Waals surface area contributed by atoms with E-state index in [2.05, 4.69) is 17.1 Å². The standard InChI is InChI=1S/C13H28N2O2/c1-5-15(9-12(2,3)16)10-13(8-14-4)6-7-17-11-13/h14,16H,5-11H2,1-4H3. The Labute approximate surface area is 105 Å². The SMILES string of the molecule is CCN(CC(C)(C)O)CC1(CNC)CCOC1. The van der Waals surface area contributed by atoms with Crippen molar-refractivity contribution in [1.29, 1.82) is 0 Å². The zero-order valence-electron chi connectivity index (χ0n) is 11.8. The lowest BCUT2D eigenvalue weighted by Gasteiger charge is -2.36. The van der Waals surface area contributed by atoms with Crippen LogP contribution >= 0.6 is 0 Å². The third kappa shape index (κ3) is 4.92. The normalized spacial score (nSPS) is 25.8. The Bertz CT molecular complexity index is 220. The summed E-state index contributed by atoms with van der Waals surface area (Å²) in [6.45, 7) is 11.2. The van der Waals surface area contributed by atoms with E-state index < -0.39 is 5.60 Å². The lowest BCUT2D eigenvalue weighted by Crippen LogP contribution is -2.48. The lowest BCUT2D eigenvalue weighted by atomic mass is 9.86. The molecule has 0 aromatic rings. The van der Waals surface area contributed by atoms with Crippen molar-refractivity contribution in [2.24, 2.45) is 5.41 Å². The predicted octanol–water partition coefficient (Wildman–Crippen LogP) is 0.705. The number of nitrogens with one attached hydrogen (secondary N) is 1. The molecule has 4 nitrogen and oxygen atoms in total. The highest BCUT2D eigenvalue weighted by Gasteiger charge is 2.36. The van der Waals surface area contributed by atoms with Gasteiger partial charge in [0.15, 0.2) is 0 Å². The van der Waals surface area contributed by atoms with Gasteiger partial charge in [0, 0.05) is 31.7 Å². The maximum atomic E-state index is 9.92. The second-order valence-corrected chi connectivity index (χ2v) is 5.95. The molecule has 2 N–H and O–H groups in total. The van der Waals surface area contributed by atoms with Crippen molar-refractivity contribution < 1.29 is 9.84 Å². The van der Waals surface area contributed by atoms with Gasteiger partial charge in [-0.15, -0.1) is 0 Å². The van der Waals surface area contributed by atoms with Gasteiger partial charge >= 0.3 is 0 Å². The second-order valence-electron chi connectivity index (χ2n) is 5.95. The van der Waals surface area contributed by atoms with E-state index >= 15 is 0 Å². The van der Waals surface area contributed by atoms with E-state index in [1.54, 1.807) is 0 Å². The first-order valence-corrected chi connectivity index (χ1v) is 6.58. The monoisotopic (exact) mass is 244 g/mol. The van der Waals surface area contributed by atoms with Crippen molar-refractivity contribution in [3.8, 4) is 0 Å². The number of hydrogen-bond donors (Lipinski definition) is 2. The van der Waals surface area contributed by atoms with E-state index in [9.17, 15) is 5.11 Å². The molecule has 1 aliphatic heterocycles. The smallest absolute Gasteiger partial charge is 0.0718 e. The molecule has 0 aliphatic carbocycles. The minimum Gasteiger partial charge on any atom is -0.389 e. The quantitative estimate of drug-likeness (QED) is 0.692. The van der Waals surface area contributed by atoms with E-state index in [0.717, 1.165) is 45.8 Å². The van der Waals surface area contributed by atoms with Crippen molar-refractivity contribution in [2.75, 3.05) is 46.4 Å². The van der Waals surface area contributed by atoms with E-state index in [-0.39, 0.29) is 5.41 Å². The Balaban J connectivity index is 2.57. The molecule has 0 radical (unpaired) electrons. The minimum absolute atomic E-state index is 0.218. The first-order chi connectivity index (χ1) is 7.91. The zero-order chi connectivity index (χ0) is 12.9. The molecule has 1 unspecified atom stereocenters. The topological polar surface area (TPSA) is 44.7 Å². The molecular weight excluding hydrogens is 216 g/mol. The fourth-order valence-electron chi connectivity index (χ4n) is 2.65. The molecule has 1 saturated heterocycles. The van der Waals surface area contributed by atoms with Crippen LogP contribution in [0.15, 0.2) is 0 Å².